The van der Waals surface area contributed by atoms with Crippen LogP contribution in [-0.2, 0) is 11.3 Å². The number of rotatable bonds is 9. The van der Waals surface area contributed by atoms with Crippen molar-refractivity contribution in [2.24, 2.45) is 0 Å². The van der Waals surface area contributed by atoms with Crippen molar-refractivity contribution >= 4 is 0 Å². The summed E-state index contributed by atoms with van der Waals surface area (Å²) in [5.74, 6) is 0.963. The minimum atomic E-state index is 0.595. The average Bonchev–Trinajstić information content (AvgIpc) is 3.25. The number of benzene rings is 1. The largest absolute Gasteiger partial charge is 0.491 e. The van der Waals surface area contributed by atoms with Gasteiger partial charge in [-0.1, -0.05) is 30.4 Å². The molecule has 3 heteroatoms. The van der Waals surface area contributed by atoms with Gasteiger partial charge in [-0.3, -0.25) is 0 Å². The van der Waals surface area contributed by atoms with Crippen molar-refractivity contribution in [2.45, 2.75) is 32.4 Å². The van der Waals surface area contributed by atoms with Crippen LogP contribution in [0.15, 0.2) is 36.4 Å². The highest BCUT2D eigenvalue weighted by Crippen LogP contribution is 2.22. The van der Waals surface area contributed by atoms with E-state index in [1.165, 1.54) is 18.4 Å². The predicted octanol–water partition coefficient (Wildman–Crippen LogP) is 2.91. The van der Waals surface area contributed by atoms with Gasteiger partial charge in [0.2, 0.25) is 0 Å². The van der Waals surface area contributed by atoms with E-state index in [-0.39, 0.29) is 0 Å². The van der Waals surface area contributed by atoms with Crippen LogP contribution < -0.4 is 10.1 Å². The Kier molecular flexibility index (Phi) is 5.92. The van der Waals surface area contributed by atoms with Crippen LogP contribution in [0, 0.1) is 0 Å². The van der Waals surface area contributed by atoms with E-state index in [1.54, 1.807) is 0 Å². The molecule has 0 atom stereocenters. The van der Waals surface area contributed by atoms with Gasteiger partial charge in [-0.15, -0.1) is 0 Å². The normalized spacial score (nSPS) is 15.0. The maximum Gasteiger partial charge on any atom is 0.123 e. The number of hydrogen-bond donors (Lipinski definition) is 1. The fourth-order valence-corrected chi connectivity index (χ4v) is 1.79. The number of allylic oxidation sites excluding steroid dienone is 1. The molecule has 0 radical (unpaired) electrons. The van der Waals surface area contributed by atoms with E-state index < -0.39 is 0 Å². The fourth-order valence-electron chi connectivity index (χ4n) is 1.79. The Morgan fingerprint density at radius 2 is 2.11 bits per heavy atom. The molecule has 1 aliphatic carbocycles. The van der Waals surface area contributed by atoms with Gasteiger partial charge in [0.25, 0.3) is 0 Å². The van der Waals surface area contributed by atoms with Crippen LogP contribution in [0.4, 0.5) is 0 Å². The summed E-state index contributed by atoms with van der Waals surface area (Å²) in [7, 11) is 0. The molecule has 1 fully saturated rings. The lowest BCUT2D eigenvalue weighted by atomic mass is 10.2. The van der Waals surface area contributed by atoms with Gasteiger partial charge in [-0.05, 0) is 25.8 Å². The summed E-state index contributed by atoms with van der Waals surface area (Å²) in [5, 5.41) is 3.51. The summed E-state index contributed by atoms with van der Waals surface area (Å²) in [6.07, 6.45) is 6.59. The molecule has 104 valence electrons. The van der Waals surface area contributed by atoms with Crippen molar-refractivity contribution in [3.8, 4) is 5.75 Å². The minimum absolute atomic E-state index is 0.595. The molecule has 0 saturated heterocycles. The number of ether oxygens (including phenoxy) is 2. The summed E-state index contributed by atoms with van der Waals surface area (Å²) in [4.78, 5) is 0. The van der Waals surface area contributed by atoms with Gasteiger partial charge in [-0.25, -0.2) is 0 Å². The second kappa shape index (κ2) is 7.97. The van der Waals surface area contributed by atoms with Gasteiger partial charge < -0.3 is 14.8 Å². The number of hydrogen-bond acceptors (Lipinski definition) is 3. The minimum Gasteiger partial charge on any atom is -0.491 e. The molecule has 2 rings (SSSR count). The predicted molar refractivity (Wildman–Crippen MR) is 77.4 cm³/mol. The molecule has 19 heavy (non-hydrogen) atoms. The van der Waals surface area contributed by atoms with Crippen LogP contribution in [0.3, 0.4) is 0 Å². The van der Waals surface area contributed by atoms with Gasteiger partial charge in [0.05, 0.1) is 13.2 Å². The van der Waals surface area contributed by atoms with E-state index in [2.05, 4.69) is 17.4 Å². The molecule has 1 saturated carbocycles. The zero-order valence-corrected chi connectivity index (χ0v) is 11.6. The van der Waals surface area contributed by atoms with Crippen LogP contribution >= 0.6 is 0 Å². The van der Waals surface area contributed by atoms with Crippen LogP contribution in [0.25, 0.3) is 0 Å². The second-order valence-corrected chi connectivity index (χ2v) is 4.76. The van der Waals surface area contributed by atoms with Gasteiger partial charge >= 0.3 is 0 Å². The Hall–Kier alpha value is -1.32. The lowest BCUT2D eigenvalue weighted by Gasteiger charge is -2.12. The summed E-state index contributed by atoms with van der Waals surface area (Å²) < 4.78 is 11.2. The smallest absolute Gasteiger partial charge is 0.123 e. The highest BCUT2D eigenvalue weighted by atomic mass is 16.5. The van der Waals surface area contributed by atoms with Gasteiger partial charge in [0.15, 0.2) is 0 Å². The maximum absolute atomic E-state index is 5.78. The molecule has 1 N–H and O–H groups in total. The average molecular weight is 261 g/mol. The van der Waals surface area contributed by atoms with Crippen LogP contribution in [0.5, 0.6) is 5.75 Å². The Morgan fingerprint density at radius 1 is 1.26 bits per heavy atom. The van der Waals surface area contributed by atoms with Crippen molar-refractivity contribution in [1.82, 2.24) is 5.32 Å². The lowest BCUT2D eigenvalue weighted by molar-refractivity contribution is 0.120. The number of para-hydroxylation sites is 1. The third-order valence-electron chi connectivity index (χ3n) is 3.07. The molecular weight excluding hydrogens is 238 g/mol. The third kappa shape index (κ3) is 5.45. The van der Waals surface area contributed by atoms with Crippen molar-refractivity contribution in [1.29, 1.82) is 0 Å². The van der Waals surface area contributed by atoms with E-state index in [4.69, 9.17) is 9.47 Å². The first-order chi connectivity index (χ1) is 9.40. The molecule has 0 aliphatic heterocycles. The fraction of sp³-hybridized carbons (Fsp3) is 0.500. The first-order valence-corrected chi connectivity index (χ1v) is 7.03. The Morgan fingerprint density at radius 3 is 2.89 bits per heavy atom. The van der Waals surface area contributed by atoms with Crippen LogP contribution in [-0.4, -0.2) is 25.9 Å². The molecule has 0 aromatic heterocycles. The molecule has 1 aliphatic rings. The highest BCUT2D eigenvalue weighted by molar-refractivity contribution is 5.33. The van der Waals surface area contributed by atoms with Crippen molar-refractivity contribution in [2.75, 3.05) is 19.8 Å². The van der Waals surface area contributed by atoms with Crippen molar-refractivity contribution < 1.29 is 9.47 Å². The molecule has 0 heterocycles. The van der Waals surface area contributed by atoms with Crippen LogP contribution in [0.1, 0.15) is 25.3 Å². The van der Waals surface area contributed by atoms with Crippen LogP contribution in [0.2, 0.25) is 0 Å². The van der Waals surface area contributed by atoms with E-state index in [9.17, 15) is 0 Å². The Labute approximate surface area is 115 Å². The Balaban J connectivity index is 1.71. The lowest BCUT2D eigenvalue weighted by Crippen LogP contribution is -2.16. The summed E-state index contributed by atoms with van der Waals surface area (Å²) in [6.45, 7) is 4.75. The first-order valence-electron chi connectivity index (χ1n) is 7.03. The molecule has 1 aromatic carbocycles. The number of nitrogens with one attached hydrogen (secondary N) is 1. The van der Waals surface area contributed by atoms with Crippen molar-refractivity contribution in [3.63, 3.8) is 0 Å². The van der Waals surface area contributed by atoms with E-state index in [0.717, 1.165) is 18.3 Å². The SMILES string of the molecule is CC=CCOCCOc1ccccc1CNC1CC1. The third-order valence-corrected chi connectivity index (χ3v) is 3.07. The molecule has 0 bridgehead atoms. The molecule has 0 unspecified atom stereocenters. The first kappa shape index (κ1) is 14.1. The molecule has 0 amide bonds. The highest BCUT2D eigenvalue weighted by Gasteiger charge is 2.20. The molecule has 3 nitrogen and oxygen atoms in total. The molecule has 1 aromatic rings. The standard InChI is InChI=1S/C16H23NO2/c1-2-3-10-18-11-12-19-16-7-5-4-6-14(16)13-17-15-8-9-15/h2-7,15,17H,8-13H2,1H3. The van der Waals surface area contributed by atoms with E-state index >= 15 is 0 Å². The molecule has 0 spiro atoms. The van der Waals surface area contributed by atoms with Gasteiger partial charge in [0, 0.05) is 18.2 Å². The quantitative estimate of drug-likeness (QED) is 0.547. The van der Waals surface area contributed by atoms with Gasteiger partial charge in [0.1, 0.15) is 12.4 Å². The van der Waals surface area contributed by atoms with Crippen molar-refractivity contribution in [3.05, 3.63) is 42.0 Å². The zero-order chi connectivity index (χ0) is 13.3. The second-order valence-electron chi connectivity index (χ2n) is 4.76. The summed E-state index contributed by atoms with van der Waals surface area (Å²) in [6, 6.07) is 8.93. The summed E-state index contributed by atoms with van der Waals surface area (Å²) in [5.41, 5.74) is 1.22. The zero-order valence-electron chi connectivity index (χ0n) is 11.6. The van der Waals surface area contributed by atoms with Gasteiger partial charge in [-0.2, -0.15) is 0 Å². The molecular formula is C16H23NO2. The van der Waals surface area contributed by atoms with E-state index in [0.29, 0.717) is 19.8 Å². The Bertz CT molecular complexity index is 399. The maximum atomic E-state index is 5.78. The topological polar surface area (TPSA) is 30.5 Å². The summed E-state index contributed by atoms with van der Waals surface area (Å²) >= 11 is 0. The monoisotopic (exact) mass is 261 g/mol. The van der Waals surface area contributed by atoms with E-state index in [1.807, 2.05) is 31.2 Å².